The molecule has 1 fully saturated rings. The van der Waals surface area contributed by atoms with E-state index >= 15 is 0 Å². The van der Waals surface area contributed by atoms with Crippen LogP contribution in [0.2, 0.25) is 0 Å². The van der Waals surface area contributed by atoms with E-state index in [1.807, 2.05) is 4.58 Å². The SMILES string of the molecule is C=[N+]1C=CC(C(C)(C)C2CCCC2)=C[C-]1c1c(C)ccc2c1[o+][c-]1cc(-c3ccccc3)ccc21. The molecule has 1 aromatic heterocycles. The van der Waals surface area contributed by atoms with Crippen LogP contribution in [-0.4, -0.2) is 11.3 Å². The maximum Gasteiger partial charge on any atom is 0.279 e. The van der Waals surface area contributed by atoms with Crippen LogP contribution in [0.5, 0.6) is 0 Å². The summed E-state index contributed by atoms with van der Waals surface area (Å²) in [5, 5.41) is 2.31. The highest BCUT2D eigenvalue weighted by atomic mass is 16.3. The summed E-state index contributed by atoms with van der Waals surface area (Å²) in [6, 6.07) is 22.6. The number of rotatable bonds is 4. The minimum Gasteiger partial charge on any atom is -0.286 e. The van der Waals surface area contributed by atoms with Crippen LogP contribution in [0.25, 0.3) is 33.1 Å². The molecule has 0 saturated heterocycles. The van der Waals surface area contributed by atoms with Gasteiger partial charge in [-0.1, -0.05) is 117 Å². The van der Waals surface area contributed by atoms with Crippen LogP contribution in [0.1, 0.15) is 50.7 Å². The molecule has 2 heterocycles. The van der Waals surface area contributed by atoms with E-state index in [0.29, 0.717) is 0 Å². The Morgan fingerprint density at radius 3 is 2.51 bits per heavy atom. The fourth-order valence-corrected chi connectivity index (χ4v) is 6.10. The molecule has 0 radical (unpaired) electrons. The minimum absolute atomic E-state index is 0.139. The van der Waals surface area contributed by atoms with Crippen molar-refractivity contribution in [3.05, 3.63) is 102 Å². The second-order valence-corrected chi connectivity index (χ2v) is 10.8. The Labute approximate surface area is 208 Å². The first-order valence-corrected chi connectivity index (χ1v) is 12.8. The molecule has 1 saturated carbocycles. The van der Waals surface area contributed by atoms with Crippen LogP contribution in [0.15, 0.2) is 89.0 Å². The number of furan rings is 1. The summed E-state index contributed by atoms with van der Waals surface area (Å²) in [4.78, 5) is 0. The molecular formula is C33H33NO. The zero-order valence-electron chi connectivity index (χ0n) is 21.0. The zero-order valence-corrected chi connectivity index (χ0v) is 21.0. The zero-order chi connectivity index (χ0) is 24.2. The van der Waals surface area contributed by atoms with Gasteiger partial charge in [0.1, 0.15) is 6.20 Å². The molecule has 0 amide bonds. The largest absolute Gasteiger partial charge is 0.286 e. The molecule has 2 aliphatic rings. The lowest BCUT2D eigenvalue weighted by Crippen LogP contribution is -2.27. The van der Waals surface area contributed by atoms with Crippen molar-refractivity contribution in [3.8, 4) is 11.1 Å². The van der Waals surface area contributed by atoms with Gasteiger partial charge in [0.25, 0.3) is 11.2 Å². The van der Waals surface area contributed by atoms with Crippen molar-refractivity contribution < 1.29 is 8.99 Å². The molecule has 1 aliphatic heterocycles. The molecule has 1 aliphatic carbocycles. The van der Waals surface area contributed by atoms with Gasteiger partial charge in [-0.25, -0.2) is 0 Å². The molecule has 2 nitrogen and oxygen atoms in total. The highest BCUT2D eigenvalue weighted by Crippen LogP contribution is 2.47. The molecular weight excluding hydrogens is 426 g/mol. The van der Waals surface area contributed by atoms with Crippen molar-refractivity contribution >= 4 is 28.7 Å². The predicted octanol–water partition coefficient (Wildman–Crippen LogP) is 8.82. The Kier molecular flexibility index (Phi) is 5.21. The van der Waals surface area contributed by atoms with Crippen LogP contribution in [0.4, 0.5) is 0 Å². The minimum atomic E-state index is 0.139. The molecule has 3 aromatic carbocycles. The van der Waals surface area contributed by atoms with Crippen LogP contribution in [-0.2, 0) is 0 Å². The van der Waals surface area contributed by atoms with Gasteiger partial charge in [-0.15, -0.1) is 12.1 Å². The fourth-order valence-electron chi connectivity index (χ4n) is 6.10. The van der Waals surface area contributed by atoms with Crippen LogP contribution < -0.4 is 0 Å². The van der Waals surface area contributed by atoms with Crippen molar-refractivity contribution in [2.24, 2.45) is 11.3 Å². The molecule has 176 valence electrons. The lowest BCUT2D eigenvalue weighted by Gasteiger charge is -2.37. The average Bonchev–Trinajstić information content (AvgIpc) is 3.53. The number of allylic oxidation sites excluding steroid dienone is 2. The van der Waals surface area contributed by atoms with Gasteiger partial charge in [0.2, 0.25) is 0 Å². The summed E-state index contributed by atoms with van der Waals surface area (Å²) >= 11 is 0. The van der Waals surface area contributed by atoms with Crippen LogP contribution in [0, 0.1) is 24.3 Å². The Hall–Kier alpha value is -3.52. The highest BCUT2D eigenvalue weighted by molar-refractivity contribution is 6.07. The van der Waals surface area contributed by atoms with Gasteiger partial charge in [-0.2, -0.15) is 0 Å². The van der Waals surface area contributed by atoms with Crippen LogP contribution in [0.3, 0.4) is 0 Å². The predicted molar refractivity (Wildman–Crippen MR) is 147 cm³/mol. The van der Waals surface area contributed by atoms with Crippen LogP contribution >= 0.6 is 0 Å². The van der Waals surface area contributed by atoms with Gasteiger partial charge in [-0.3, -0.25) is 8.99 Å². The quantitative estimate of drug-likeness (QED) is 0.169. The lowest BCUT2D eigenvalue weighted by atomic mass is 9.70. The van der Waals surface area contributed by atoms with Gasteiger partial charge in [-0.05, 0) is 34.2 Å². The lowest BCUT2D eigenvalue weighted by molar-refractivity contribution is -0.418. The van der Waals surface area contributed by atoms with E-state index in [1.54, 1.807) is 0 Å². The summed E-state index contributed by atoms with van der Waals surface area (Å²) in [5.74, 6) is 0.732. The van der Waals surface area contributed by atoms with E-state index in [4.69, 9.17) is 4.42 Å². The molecule has 0 N–H and O–H groups in total. The van der Waals surface area contributed by atoms with E-state index < -0.39 is 0 Å². The normalized spacial score (nSPS) is 17.1. The molecule has 4 aromatic rings. The highest BCUT2D eigenvalue weighted by Gasteiger charge is 2.36. The summed E-state index contributed by atoms with van der Waals surface area (Å²) < 4.78 is 8.62. The van der Waals surface area contributed by atoms with Gasteiger partial charge >= 0.3 is 0 Å². The van der Waals surface area contributed by atoms with Crippen molar-refractivity contribution in [2.75, 3.05) is 0 Å². The average molecular weight is 460 g/mol. The first-order valence-electron chi connectivity index (χ1n) is 12.8. The first kappa shape index (κ1) is 22.0. The first-order chi connectivity index (χ1) is 16.9. The third-order valence-corrected chi connectivity index (χ3v) is 8.37. The smallest absolute Gasteiger partial charge is 0.279 e. The second-order valence-electron chi connectivity index (χ2n) is 10.8. The van der Waals surface area contributed by atoms with Gasteiger partial charge in [0.05, 0.1) is 12.3 Å². The standard InChI is InChI=1S/C33H33NO/c1-22-14-16-28-27-17-15-24(23-10-6-5-7-11-23)20-30(27)35-32(28)31(22)29-21-26(18-19-34(29)4)33(2,3)25-12-8-9-13-25/h5-7,10-11,14-21,25H,4,8-9,12-13H2,1-3H3. The molecule has 0 unspecified atom stereocenters. The molecule has 2 heteroatoms. The van der Waals surface area contributed by atoms with Gasteiger partial charge in [0.15, 0.2) is 6.04 Å². The molecule has 0 spiro atoms. The van der Waals surface area contributed by atoms with E-state index in [9.17, 15) is 0 Å². The fraction of sp³-hybridized carbons (Fsp3) is 0.273. The third kappa shape index (κ3) is 3.63. The van der Waals surface area contributed by atoms with E-state index in [1.165, 1.54) is 47.9 Å². The monoisotopic (exact) mass is 459 g/mol. The summed E-state index contributed by atoms with van der Waals surface area (Å²) in [6.45, 7) is 11.3. The van der Waals surface area contributed by atoms with E-state index in [0.717, 1.165) is 39.5 Å². The molecule has 0 atom stereocenters. The summed E-state index contributed by atoms with van der Waals surface area (Å²) in [7, 11) is 0. The van der Waals surface area contributed by atoms with Crippen molar-refractivity contribution in [1.29, 1.82) is 0 Å². The number of aryl methyl sites for hydroxylation is 1. The molecule has 6 rings (SSSR count). The second kappa shape index (κ2) is 8.30. The number of hydrogen-bond donors (Lipinski definition) is 0. The Balaban J connectivity index is 1.49. The maximum atomic E-state index is 6.62. The van der Waals surface area contributed by atoms with Gasteiger partial charge in [0, 0.05) is 0 Å². The van der Waals surface area contributed by atoms with Crippen molar-refractivity contribution in [3.63, 3.8) is 0 Å². The number of hydrogen-bond acceptors (Lipinski definition) is 0. The topological polar surface area (TPSA) is 14.3 Å². The Morgan fingerprint density at radius 1 is 0.971 bits per heavy atom. The van der Waals surface area contributed by atoms with Crippen molar-refractivity contribution in [1.82, 2.24) is 0 Å². The summed E-state index contributed by atoms with van der Waals surface area (Å²) in [5.41, 5.74) is 8.10. The maximum absolute atomic E-state index is 6.62. The Bertz CT molecular complexity index is 1490. The molecule has 35 heavy (non-hydrogen) atoms. The molecule has 0 bridgehead atoms. The van der Waals surface area contributed by atoms with Crippen molar-refractivity contribution in [2.45, 2.75) is 46.5 Å². The summed E-state index contributed by atoms with van der Waals surface area (Å²) in [6.07, 6.45) is 12.1. The number of benzene rings is 3. The van der Waals surface area contributed by atoms with E-state index in [-0.39, 0.29) is 5.41 Å². The third-order valence-electron chi connectivity index (χ3n) is 8.37. The number of fused-ring (bicyclic) bond motifs is 3. The number of nitrogens with zero attached hydrogens (tertiary/aromatic N) is 1. The van der Waals surface area contributed by atoms with Gasteiger partial charge < -0.3 is 0 Å². The van der Waals surface area contributed by atoms with E-state index in [2.05, 4.69) is 107 Å². The Morgan fingerprint density at radius 2 is 1.74 bits per heavy atom.